The van der Waals surface area contributed by atoms with E-state index in [1.165, 1.54) is 7.11 Å². The summed E-state index contributed by atoms with van der Waals surface area (Å²) in [6, 6.07) is 6.89. The largest absolute Gasteiger partial charge is 0.493 e. The maximum absolute atomic E-state index is 8.31. The first-order chi connectivity index (χ1) is 6.27. The predicted octanol–water partition coefficient (Wildman–Crippen LogP) is 1.18. The minimum atomic E-state index is -0.0141. The molecule has 0 aliphatic carbocycles. The molecule has 0 atom stereocenters. The Morgan fingerprint density at radius 3 is 2.85 bits per heavy atom. The third kappa shape index (κ3) is 2.27. The highest BCUT2D eigenvalue weighted by molar-refractivity contribution is 5.51. The summed E-state index contributed by atoms with van der Waals surface area (Å²) in [7, 11) is 1.53. The lowest BCUT2D eigenvalue weighted by Gasteiger charge is -2.08. The molecule has 1 aromatic rings. The average molecular weight is 178 g/mol. The zero-order valence-electron chi connectivity index (χ0n) is 7.28. The summed E-state index contributed by atoms with van der Waals surface area (Å²) in [5.41, 5.74) is 6.11. The smallest absolute Gasteiger partial charge is 0.174 e. The van der Waals surface area contributed by atoms with Crippen LogP contribution in [0.3, 0.4) is 0 Å². The van der Waals surface area contributed by atoms with E-state index in [1.807, 2.05) is 6.07 Å². The van der Waals surface area contributed by atoms with E-state index in [9.17, 15) is 0 Å². The van der Waals surface area contributed by atoms with E-state index in [-0.39, 0.29) is 6.61 Å². The molecule has 2 N–H and O–H groups in total. The molecule has 0 aliphatic heterocycles. The summed E-state index contributed by atoms with van der Waals surface area (Å²) in [6.45, 7) is -0.0141. The lowest BCUT2D eigenvalue weighted by atomic mass is 10.3. The van der Waals surface area contributed by atoms with Crippen molar-refractivity contribution < 1.29 is 9.47 Å². The number of hydrogen-bond acceptors (Lipinski definition) is 4. The van der Waals surface area contributed by atoms with Crippen molar-refractivity contribution in [1.29, 1.82) is 5.26 Å². The third-order valence-electron chi connectivity index (χ3n) is 1.48. The standard InChI is InChI=1S/C9H10N2O2/c1-12-8-3-2-7(11)6-9(8)13-5-4-10/h2-3,6H,5,11H2,1H3. The van der Waals surface area contributed by atoms with Gasteiger partial charge >= 0.3 is 0 Å². The van der Waals surface area contributed by atoms with Crippen LogP contribution in [0, 0.1) is 11.3 Å². The van der Waals surface area contributed by atoms with Crippen LogP contribution in [0.5, 0.6) is 11.5 Å². The monoisotopic (exact) mass is 178 g/mol. The van der Waals surface area contributed by atoms with Crippen LogP contribution in [0.1, 0.15) is 0 Å². The average Bonchev–Trinajstić information content (AvgIpc) is 2.15. The van der Waals surface area contributed by atoms with Gasteiger partial charge in [0.25, 0.3) is 0 Å². The molecule has 13 heavy (non-hydrogen) atoms. The van der Waals surface area contributed by atoms with Gasteiger partial charge in [0.2, 0.25) is 0 Å². The summed E-state index contributed by atoms with van der Waals surface area (Å²) in [6.07, 6.45) is 0. The van der Waals surface area contributed by atoms with E-state index >= 15 is 0 Å². The zero-order valence-corrected chi connectivity index (χ0v) is 7.28. The minimum Gasteiger partial charge on any atom is -0.493 e. The number of anilines is 1. The van der Waals surface area contributed by atoms with Crippen molar-refractivity contribution >= 4 is 5.69 Å². The molecule has 1 aromatic carbocycles. The van der Waals surface area contributed by atoms with Gasteiger partial charge in [0.1, 0.15) is 6.07 Å². The molecule has 0 saturated carbocycles. The minimum absolute atomic E-state index is 0.0141. The molecule has 1 rings (SSSR count). The highest BCUT2D eigenvalue weighted by Crippen LogP contribution is 2.28. The number of rotatable bonds is 3. The van der Waals surface area contributed by atoms with Gasteiger partial charge in [0, 0.05) is 11.8 Å². The van der Waals surface area contributed by atoms with E-state index < -0.39 is 0 Å². The number of methoxy groups -OCH3 is 1. The molecule has 0 heterocycles. The van der Waals surface area contributed by atoms with E-state index in [1.54, 1.807) is 18.2 Å². The molecule has 68 valence electrons. The van der Waals surface area contributed by atoms with Crippen LogP contribution in [0.25, 0.3) is 0 Å². The Morgan fingerprint density at radius 1 is 1.46 bits per heavy atom. The van der Waals surface area contributed by atoms with E-state index in [0.29, 0.717) is 17.2 Å². The number of nitrogens with zero attached hydrogens (tertiary/aromatic N) is 1. The van der Waals surface area contributed by atoms with Crippen molar-refractivity contribution in [2.75, 3.05) is 19.5 Å². The molecule has 4 nitrogen and oxygen atoms in total. The summed E-state index contributed by atoms with van der Waals surface area (Å²) in [5.74, 6) is 1.06. The summed E-state index contributed by atoms with van der Waals surface area (Å²) >= 11 is 0. The summed E-state index contributed by atoms with van der Waals surface area (Å²) in [5, 5.41) is 8.31. The maximum atomic E-state index is 8.31. The van der Waals surface area contributed by atoms with Gasteiger partial charge in [-0.2, -0.15) is 5.26 Å². The van der Waals surface area contributed by atoms with Gasteiger partial charge in [-0.05, 0) is 12.1 Å². The zero-order chi connectivity index (χ0) is 9.68. The number of benzene rings is 1. The molecule has 0 unspecified atom stereocenters. The van der Waals surface area contributed by atoms with Crippen molar-refractivity contribution in [1.82, 2.24) is 0 Å². The van der Waals surface area contributed by atoms with Crippen molar-refractivity contribution in [3.8, 4) is 17.6 Å². The van der Waals surface area contributed by atoms with Gasteiger partial charge in [0.15, 0.2) is 18.1 Å². The molecular weight excluding hydrogens is 168 g/mol. The van der Waals surface area contributed by atoms with Crippen molar-refractivity contribution in [3.63, 3.8) is 0 Å². The molecule has 4 heteroatoms. The SMILES string of the molecule is COc1ccc(N)cc1OCC#N. The molecule has 0 bridgehead atoms. The summed E-state index contributed by atoms with van der Waals surface area (Å²) < 4.78 is 10.1. The van der Waals surface area contributed by atoms with Crippen LogP contribution in [0.4, 0.5) is 5.69 Å². The highest BCUT2D eigenvalue weighted by Gasteiger charge is 2.03. The van der Waals surface area contributed by atoms with Crippen LogP contribution in [0.15, 0.2) is 18.2 Å². The molecule has 0 saturated heterocycles. The fourth-order valence-electron chi connectivity index (χ4n) is 0.916. The number of ether oxygens (including phenoxy) is 2. The van der Waals surface area contributed by atoms with Gasteiger partial charge < -0.3 is 15.2 Å². The second-order valence-corrected chi connectivity index (χ2v) is 2.36. The lowest BCUT2D eigenvalue weighted by molar-refractivity contribution is 0.330. The Kier molecular flexibility index (Phi) is 2.98. The van der Waals surface area contributed by atoms with E-state index in [0.717, 1.165) is 0 Å². The lowest BCUT2D eigenvalue weighted by Crippen LogP contribution is -1.97. The normalized spacial score (nSPS) is 8.92. The Bertz CT molecular complexity index is 331. The van der Waals surface area contributed by atoms with E-state index in [2.05, 4.69) is 0 Å². The fourth-order valence-corrected chi connectivity index (χ4v) is 0.916. The number of nitriles is 1. The topological polar surface area (TPSA) is 68.3 Å². The third-order valence-corrected chi connectivity index (χ3v) is 1.48. The highest BCUT2D eigenvalue weighted by atomic mass is 16.5. The van der Waals surface area contributed by atoms with Crippen LogP contribution in [0.2, 0.25) is 0 Å². The van der Waals surface area contributed by atoms with Crippen LogP contribution < -0.4 is 15.2 Å². The van der Waals surface area contributed by atoms with E-state index in [4.69, 9.17) is 20.5 Å². The number of nitrogen functional groups attached to an aromatic ring is 1. The molecule has 0 spiro atoms. The maximum Gasteiger partial charge on any atom is 0.174 e. The van der Waals surface area contributed by atoms with Crippen LogP contribution >= 0.6 is 0 Å². The Labute approximate surface area is 76.5 Å². The fraction of sp³-hybridized carbons (Fsp3) is 0.222. The first-order valence-corrected chi connectivity index (χ1v) is 3.71. The second kappa shape index (κ2) is 4.21. The Balaban J connectivity index is 2.89. The Morgan fingerprint density at radius 2 is 2.23 bits per heavy atom. The molecule has 0 aliphatic rings. The van der Waals surface area contributed by atoms with Gasteiger partial charge in [-0.25, -0.2) is 0 Å². The molecule has 0 aromatic heterocycles. The Hall–Kier alpha value is -1.89. The van der Waals surface area contributed by atoms with Crippen LogP contribution in [-0.2, 0) is 0 Å². The van der Waals surface area contributed by atoms with Crippen molar-refractivity contribution in [2.45, 2.75) is 0 Å². The number of nitrogens with two attached hydrogens (primary N) is 1. The van der Waals surface area contributed by atoms with Gasteiger partial charge in [-0.1, -0.05) is 0 Å². The van der Waals surface area contributed by atoms with Gasteiger partial charge in [0.05, 0.1) is 7.11 Å². The predicted molar refractivity (Wildman–Crippen MR) is 48.5 cm³/mol. The molecule has 0 fully saturated rings. The van der Waals surface area contributed by atoms with Gasteiger partial charge in [-0.3, -0.25) is 0 Å². The van der Waals surface area contributed by atoms with Crippen LogP contribution in [-0.4, -0.2) is 13.7 Å². The summed E-state index contributed by atoms with van der Waals surface area (Å²) in [4.78, 5) is 0. The van der Waals surface area contributed by atoms with Crippen molar-refractivity contribution in [2.24, 2.45) is 0 Å². The molecule has 0 radical (unpaired) electrons. The second-order valence-electron chi connectivity index (χ2n) is 2.36. The van der Waals surface area contributed by atoms with Gasteiger partial charge in [-0.15, -0.1) is 0 Å². The molecular formula is C9H10N2O2. The van der Waals surface area contributed by atoms with Crippen molar-refractivity contribution in [3.05, 3.63) is 18.2 Å². The quantitative estimate of drug-likeness (QED) is 0.705. The number of hydrogen-bond donors (Lipinski definition) is 1. The first kappa shape index (κ1) is 9.20. The molecule has 0 amide bonds. The first-order valence-electron chi connectivity index (χ1n) is 3.71.